The lowest BCUT2D eigenvalue weighted by Gasteiger charge is -2.11. The predicted octanol–water partition coefficient (Wildman–Crippen LogP) is 4.81. The Hall–Kier alpha value is -3.58. The van der Waals surface area contributed by atoms with E-state index in [1.54, 1.807) is 10.9 Å². The SMILES string of the molecule is CCCCc1ccc(-n2c3nc4ccccc4nc3c3c(=O)n(C[C@H]4CCCO4)cnc32)cc1. The molecule has 5 aromatic rings. The van der Waals surface area contributed by atoms with Gasteiger partial charge < -0.3 is 4.74 Å². The Balaban J connectivity index is 1.58. The summed E-state index contributed by atoms with van der Waals surface area (Å²) in [6, 6.07) is 16.2. The van der Waals surface area contributed by atoms with Gasteiger partial charge >= 0.3 is 0 Å². The maximum absolute atomic E-state index is 13.7. The van der Waals surface area contributed by atoms with Gasteiger partial charge in [-0.2, -0.15) is 0 Å². The van der Waals surface area contributed by atoms with E-state index in [9.17, 15) is 4.79 Å². The molecule has 0 unspecified atom stereocenters. The highest BCUT2D eigenvalue weighted by Gasteiger charge is 2.23. The number of unbranched alkanes of at least 4 members (excludes halogenated alkanes) is 1. The lowest BCUT2D eigenvalue weighted by molar-refractivity contribution is 0.0960. The van der Waals surface area contributed by atoms with E-state index in [4.69, 9.17) is 19.7 Å². The molecule has 1 saturated heterocycles. The molecule has 1 aliphatic rings. The van der Waals surface area contributed by atoms with E-state index in [0.717, 1.165) is 49.0 Å². The van der Waals surface area contributed by atoms with Crippen molar-refractivity contribution < 1.29 is 4.74 Å². The van der Waals surface area contributed by atoms with Crippen molar-refractivity contribution in [3.63, 3.8) is 0 Å². The maximum atomic E-state index is 13.7. The molecule has 0 radical (unpaired) electrons. The van der Waals surface area contributed by atoms with Crippen molar-refractivity contribution in [3.05, 3.63) is 70.8 Å². The summed E-state index contributed by atoms with van der Waals surface area (Å²) in [5.74, 6) is 0. The summed E-state index contributed by atoms with van der Waals surface area (Å²) in [6.45, 7) is 3.45. The summed E-state index contributed by atoms with van der Waals surface area (Å²) < 4.78 is 9.39. The maximum Gasteiger partial charge on any atom is 0.265 e. The van der Waals surface area contributed by atoms with E-state index in [0.29, 0.717) is 28.7 Å². The molecule has 7 nitrogen and oxygen atoms in total. The van der Waals surface area contributed by atoms with Gasteiger partial charge in [0.15, 0.2) is 11.3 Å². The third-order valence-corrected chi connectivity index (χ3v) is 6.67. The number of ether oxygens (including phenoxy) is 1. The van der Waals surface area contributed by atoms with Crippen molar-refractivity contribution in [3.8, 4) is 5.69 Å². The number of rotatable bonds is 6. The second-order valence-electron chi connectivity index (χ2n) is 9.03. The zero-order chi connectivity index (χ0) is 23.1. The number of fused-ring (bicyclic) bond motifs is 4. The van der Waals surface area contributed by atoms with Crippen LogP contribution in [0.4, 0.5) is 0 Å². The van der Waals surface area contributed by atoms with Crippen LogP contribution < -0.4 is 5.56 Å². The molecule has 0 N–H and O–H groups in total. The van der Waals surface area contributed by atoms with Gasteiger partial charge in [-0.1, -0.05) is 37.6 Å². The Kier molecular flexibility index (Phi) is 5.34. The van der Waals surface area contributed by atoms with Crippen LogP contribution in [0.1, 0.15) is 38.2 Å². The van der Waals surface area contributed by atoms with Crippen LogP contribution in [0.2, 0.25) is 0 Å². The van der Waals surface area contributed by atoms with Gasteiger partial charge in [-0.05, 0) is 55.5 Å². The number of hydrogen-bond donors (Lipinski definition) is 0. The lowest BCUT2D eigenvalue weighted by atomic mass is 10.1. The molecule has 0 saturated carbocycles. The fourth-order valence-corrected chi connectivity index (χ4v) is 4.85. The molecule has 34 heavy (non-hydrogen) atoms. The molecule has 1 aliphatic heterocycles. The van der Waals surface area contributed by atoms with Gasteiger partial charge in [0.25, 0.3) is 5.56 Å². The smallest absolute Gasteiger partial charge is 0.265 e. The molecular formula is C27H27N5O2. The van der Waals surface area contributed by atoms with E-state index in [1.165, 1.54) is 12.0 Å². The average molecular weight is 454 g/mol. The topological polar surface area (TPSA) is 74.8 Å². The molecule has 0 bridgehead atoms. The van der Waals surface area contributed by atoms with E-state index in [1.807, 2.05) is 28.8 Å². The Morgan fingerprint density at radius 3 is 2.56 bits per heavy atom. The molecule has 2 aromatic carbocycles. The molecule has 7 heteroatoms. The first-order valence-corrected chi connectivity index (χ1v) is 12.1. The number of benzene rings is 2. The predicted molar refractivity (Wildman–Crippen MR) is 134 cm³/mol. The van der Waals surface area contributed by atoms with Crippen molar-refractivity contribution in [1.29, 1.82) is 0 Å². The summed E-state index contributed by atoms with van der Waals surface area (Å²) in [4.78, 5) is 28.2. The largest absolute Gasteiger partial charge is 0.376 e. The molecule has 0 spiro atoms. The van der Waals surface area contributed by atoms with Gasteiger partial charge in [-0.25, -0.2) is 15.0 Å². The second-order valence-corrected chi connectivity index (χ2v) is 9.03. The molecule has 1 fully saturated rings. The highest BCUT2D eigenvalue weighted by atomic mass is 16.5. The van der Waals surface area contributed by atoms with Crippen molar-refractivity contribution in [2.45, 2.75) is 51.7 Å². The zero-order valence-corrected chi connectivity index (χ0v) is 19.3. The van der Waals surface area contributed by atoms with Crippen LogP contribution in [0.15, 0.2) is 59.7 Å². The van der Waals surface area contributed by atoms with E-state index >= 15 is 0 Å². The minimum Gasteiger partial charge on any atom is -0.376 e. The van der Waals surface area contributed by atoms with Crippen molar-refractivity contribution in [2.75, 3.05) is 6.61 Å². The van der Waals surface area contributed by atoms with Gasteiger partial charge in [0, 0.05) is 12.3 Å². The van der Waals surface area contributed by atoms with Gasteiger partial charge in [0.2, 0.25) is 0 Å². The molecule has 6 rings (SSSR count). The lowest BCUT2D eigenvalue weighted by Crippen LogP contribution is -2.26. The minimum absolute atomic E-state index is 0.0490. The normalized spacial score (nSPS) is 16.2. The zero-order valence-electron chi connectivity index (χ0n) is 19.3. The Labute approximate surface area is 197 Å². The van der Waals surface area contributed by atoms with Crippen LogP contribution in [0.3, 0.4) is 0 Å². The number of hydrogen-bond acceptors (Lipinski definition) is 5. The molecule has 0 aliphatic carbocycles. The molecular weight excluding hydrogens is 426 g/mol. The molecule has 3 aromatic heterocycles. The summed E-state index contributed by atoms with van der Waals surface area (Å²) in [5, 5.41) is 0.504. The Bertz CT molecular complexity index is 1550. The Morgan fingerprint density at radius 1 is 1.03 bits per heavy atom. The van der Waals surface area contributed by atoms with E-state index in [2.05, 4.69) is 31.2 Å². The quantitative estimate of drug-likeness (QED) is 0.369. The van der Waals surface area contributed by atoms with Crippen LogP contribution in [-0.4, -0.2) is 36.8 Å². The Morgan fingerprint density at radius 2 is 1.82 bits per heavy atom. The fraction of sp³-hybridized carbons (Fsp3) is 0.333. The number of para-hydroxylation sites is 2. The first kappa shape index (κ1) is 21.0. The summed E-state index contributed by atoms with van der Waals surface area (Å²) in [7, 11) is 0. The summed E-state index contributed by atoms with van der Waals surface area (Å²) >= 11 is 0. The first-order valence-electron chi connectivity index (χ1n) is 12.1. The third-order valence-electron chi connectivity index (χ3n) is 6.67. The molecule has 1 atom stereocenters. The van der Waals surface area contributed by atoms with Gasteiger partial charge in [0.1, 0.15) is 17.2 Å². The summed E-state index contributed by atoms with van der Waals surface area (Å²) in [6.07, 6.45) is 7.06. The van der Waals surface area contributed by atoms with Crippen LogP contribution >= 0.6 is 0 Å². The molecule has 0 amide bonds. The highest BCUT2D eigenvalue weighted by molar-refractivity contribution is 6.05. The van der Waals surface area contributed by atoms with Crippen LogP contribution in [0.25, 0.3) is 38.9 Å². The standard InChI is InChI=1S/C27H27N5O2/c1-2-3-7-18-11-13-19(14-12-18)32-25-23(24-26(32)30-22-10-5-4-9-21(22)29-24)27(33)31(17-28-25)16-20-8-6-15-34-20/h4-5,9-14,17,20H,2-3,6-8,15-16H2,1H3/t20-/m1/s1. The fourth-order valence-electron chi connectivity index (χ4n) is 4.85. The number of aromatic nitrogens is 5. The highest BCUT2D eigenvalue weighted by Crippen LogP contribution is 2.28. The van der Waals surface area contributed by atoms with E-state index in [-0.39, 0.29) is 11.7 Å². The van der Waals surface area contributed by atoms with Gasteiger partial charge in [-0.3, -0.25) is 13.9 Å². The second kappa shape index (κ2) is 8.65. The van der Waals surface area contributed by atoms with Crippen LogP contribution in [0, 0.1) is 0 Å². The average Bonchev–Trinajstić information content (AvgIpc) is 3.49. The third kappa shape index (κ3) is 3.56. The van der Waals surface area contributed by atoms with Crippen molar-refractivity contribution in [1.82, 2.24) is 24.1 Å². The number of nitrogens with zero attached hydrogens (tertiary/aromatic N) is 5. The molecule has 172 valence electrons. The molecule has 4 heterocycles. The van der Waals surface area contributed by atoms with E-state index < -0.39 is 0 Å². The van der Waals surface area contributed by atoms with Crippen LogP contribution in [-0.2, 0) is 17.7 Å². The summed E-state index contributed by atoms with van der Waals surface area (Å²) in [5.41, 5.74) is 5.49. The van der Waals surface area contributed by atoms with Crippen molar-refractivity contribution in [2.24, 2.45) is 0 Å². The van der Waals surface area contributed by atoms with Gasteiger partial charge in [0.05, 0.1) is 23.7 Å². The van der Waals surface area contributed by atoms with Gasteiger partial charge in [-0.15, -0.1) is 0 Å². The first-order chi connectivity index (χ1) is 16.7. The monoisotopic (exact) mass is 453 g/mol. The number of aryl methyl sites for hydroxylation is 1. The minimum atomic E-state index is -0.103. The van der Waals surface area contributed by atoms with Crippen LogP contribution in [0.5, 0.6) is 0 Å². The van der Waals surface area contributed by atoms with Crippen molar-refractivity contribution >= 4 is 33.2 Å².